The molecule has 0 unspecified atom stereocenters. The standard InChI is InChI=1S/C28H28N4O2/c1-6-20-11-13-21(14-12-20)32-28-26(18(3)30-32)17(2)15-25(29-28)34-16-24(33)27-19(4)31(5)23-10-8-7-9-22(23)27/h7-15H,6,16H2,1-5H3. The molecule has 0 bridgehead atoms. The number of carbonyl (C=O) groups excluding carboxylic acids is 1. The van der Waals surface area contributed by atoms with Crippen LogP contribution in [0.4, 0.5) is 0 Å². The normalized spacial score (nSPS) is 11.4. The molecule has 172 valence electrons. The summed E-state index contributed by atoms with van der Waals surface area (Å²) in [5.74, 6) is 0.358. The summed E-state index contributed by atoms with van der Waals surface area (Å²) in [5.41, 5.74) is 7.54. The Balaban J connectivity index is 1.48. The number of hydrogen-bond donors (Lipinski definition) is 0. The minimum absolute atomic E-state index is 0.0614. The molecule has 6 heteroatoms. The van der Waals surface area contributed by atoms with Crippen molar-refractivity contribution < 1.29 is 9.53 Å². The van der Waals surface area contributed by atoms with Crippen LogP contribution in [0.5, 0.6) is 5.88 Å². The number of hydrogen-bond acceptors (Lipinski definition) is 4. The van der Waals surface area contributed by atoms with Crippen LogP contribution in [0, 0.1) is 20.8 Å². The monoisotopic (exact) mass is 452 g/mol. The summed E-state index contributed by atoms with van der Waals surface area (Å²) >= 11 is 0. The molecule has 5 aromatic rings. The third kappa shape index (κ3) is 3.55. The zero-order chi connectivity index (χ0) is 24.0. The first kappa shape index (κ1) is 21.9. The second-order valence-electron chi connectivity index (χ2n) is 8.74. The van der Waals surface area contributed by atoms with Gasteiger partial charge in [-0.1, -0.05) is 37.3 Å². The number of benzene rings is 2. The number of Topliss-reactive ketones (excluding diaryl/α,β-unsaturated/α-hetero) is 1. The number of ether oxygens (including phenoxy) is 1. The van der Waals surface area contributed by atoms with Crippen molar-refractivity contribution in [3.8, 4) is 11.6 Å². The third-order valence-corrected chi connectivity index (χ3v) is 6.61. The molecule has 0 saturated carbocycles. The molecular weight excluding hydrogens is 424 g/mol. The van der Waals surface area contributed by atoms with E-state index in [1.165, 1.54) is 5.56 Å². The first-order chi connectivity index (χ1) is 16.4. The van der Waals surface area contributed by atoms with Gasteiger partial charge in [-0.2, -0.15) is 10.1 Å². The highest BCUT2D eigenvalue weighted by Gasteiger charge is 2.20. The first-order valence-electron chi connectivity index (χ1n) is 11.5. The number of fused-ring (bicyclic) bond motifs is 2. The van der Waals surface area contributed by atoms with E-state index in [2.05, 4.69) is 31.2 Å². The van der Waals surface area contributed by atoms with Crippen molar-refractivity contribution in [2.45, 2.75) is 34.1 Å². The number of nitrogens with zero attached hydrogens (tertiary/aromatic N) is 4. The van der Waals surface area contributed by atoms with E-state index in [9.17, 15) is 4.79 Å². The molecule has 0 atom stereocenters. The molecule has 0 radical (unpaired) electrons. The van der Waals surface area contributed by atoms with Gasteiger partial charge in [0.15, 0.2) is 12.3 Å². The van der Waals surface area contributed by atoms with Crippen LogP contribution in [0.2, 0.25) is 0 Å². The van der Waals surface area contributed by atoms with E-state index in [1.54, 1.807) is 0 Å². The fourth-order valence-corrected chi connectivity index (χ4v) is 4.69. The lowest BCUT2D eigenvalue weighted by Crippen LogP contribution is -2.13. The van der Waals surface area contributed by atoms with E-state index in [0.29, 0.717) is 11.4 Å². The Labute approximate surface area is 198 Å². The molecule has 0 N–H and O–H groups in total. The van der Waals surface area contributed by atoms with Crippen molar-refractivity contribution in [1.82, 2.24) is 19.3 Å². The minimum atomic E-state index is -0.0783. The lowest BCUT2D eigenvalue weighted by Gasteiger charge is -2.09. The van der Waals surface area contributed by atoms with Crippen LogP contribution in [-0.4, -0.2) is 31.7 Å². The topological polar surface area (TPSA) is 61.9 Å². The van der Waals surface area contributed by atoms with Crippen molar-refractivity contribution in [2.24, 2.45) is 7.05 Å². The van der Waals surface area contributed by atoms with E-state index in [1.807, 2.05) is 67.4 Å². The van der Waals surface area contributed by atoms with Gasteiger partial charge in [0.1, 0.15) is 0 Å². The molecule has 0 saturated heterocycles. The number of carbonyl (C=O) groups is 1. The molecule has 3 aromatic heterocycles. The Morgan fingerprint density at radius 3 is 2.50 bits per heavy atom. The molecule has 0 spiro atoms. The summed E-state index contributed by atoms with van der Waals surface area (Å²) in [6, 6.07) is 18.1. The van der Waals surface area contributed by atoms with Gasteiger partial charge in [0.2, 0.25) is 11.7 Å². The molecule has 0 aliphatic heterocycles. The summed E-state index contributed by atoms with van der Waals surface area (Å²) in [6.07, 6.45) is 0.985. The van der Waals surface area contributed by atoms with Crippen molar-refractivity contribution in [2.75, 3.05) is 6.61 Å². The van der Waals surface area contributed by atoms with Crippen LogP contribution in [0.15, 0.2) is 54.6 Å². The van der Waals surface area contributed by atoms with Crippen LogP contribution in [0.3, 0.4) is 0 Å². The second-order valence-corrected chi connectivity index (χ2v) is 8.74. The molecule has 0 fully saturated rings. The highest BCUT2D eigenvalue weighted by atomic mass is 16.5. The smallest absolute Gasteiger partial charge is 0.216 e. The van der Waals surface area contributed by atoms with Crippen LogP contribution in [-0.2, 0) is 13.5 Å². The van der Waals surface area contributed by atoms with Crippen molar-refractivity contribution in [3.05, 3.63) is 82.7 Å². The number of aromatic nitrogens is 4. The maximum atomic E-state index is 13.2. The Morgan fingerprint density at radius 2 is 1.76 bits per heavy atom. The summed E-state index contributed by atoms with van der Waals surface area (Å²) in [4.78, 5) is 17.9. The largest absolute Gasteiger partial charge is 0.469 e. The molecular formula is C28H28N4O2. The van der Waals surface area contributed by atoms with E-state index in [-0.39, 0.29) is 12.4 Å². The van der Waals surface area contributed by atoms with Gasteiger partial charge in [-0.05, 0) is 56.5 Å². The predicted octanol–water partition coefficient (Wildman–Crippen LogP) is 5.66. The predicted molar refractivity (Wildman–Crippen MR) is 135 cm³/mol. The Kier molecular flexibility index (Phi) is 5.44. The zero-order valence-corrected chi connectivity index (χ0v) is 20.2. The van der Waals surface area contributed by atoms with Crippen LogP contribution in [0.25, 0.3) is 27.6 Å². The molecule has 5 rings (SSSR count). The van der Waals surface area contributed by atoms with Gasteiger partial charge < -0.3 is 9.30 Å². The van der Waals surface area contributed by atoms with Gasteiger partial charge in [0.05, 0.1) is 11.4 Å². The SMILES string of the molecule is CCc1ccc(-n2nc(C)c3c(C)cc(OCC(=O)c4c(C)n(C)c5ccccc45)nc32)cc1. The quantitative estimate of drug-likeness (QED) is 0.312. The number of para-hydroxylation sites is 1. The lowest BCUT2D eigenvalue weighted by atomic mass is 10.1. The summed E-state index contributed by atoms with van der Waals surface area (Å²) in [5, 5.41) is 6.68. The molecule has 3 heterocycles. The molecule has 6 nitrogen and oxygen atoms in total. The van der Waals surface area contributed by atoms with Crippen molar-refractivity contribution in [3.63, 3.8) is 0 Å². The molecule has 0 amide bonds. The van der Waals surface area contributed by atoms with Crippen LogP contribution in [0.1, 0.15) is 39.8 Å². The number of pyridine rings is 1. The highest BCUT2D eigenvalue weighted by Crippen LogP contribution is 2.28. The maximum absolute atomic E-state index is 13.2. The maximum Gasteiger partial charge on any atom is 0.216 e. The first-order valence-corrected chi connectivity index (χ1v) is 11.5. The van der Waals surface area contributed by atoms with Gasteiger partial charge in [0.25, 0.3) is 0 Å². The van der Waals surface area contributed by atoms with Crippen molar-refractivity contribution in [1.29, 1.82) is 0 Å². The summed E-state index contributed by atoms with van der Waals surface area (Å²) in [6.45, 7) is 8.03. The number of aryl methyl sites for hydroxylation is 4. The molecule has 34 heavy (non-hydrogen) atoms. The Morgan fingerprint density at radius 1 is 1.03 bits per heavy atom. The van der Waals surface area contributed by atoms with E-state index in [0.717, 1.165) is 51.0 Å². The lowest BCUT2D eigenvalue weighted by molar-refractivity contribution is 0.0919. The summed E-state index contributed by atoms with van der Waals surface area (Å²) < 4.78 is 9.84. The molecule has 0 aliphatic rings. The van der Waals surface area contributed by atoms with E-state index >= 15 is 0 Å². The fourth-order valence-electron chi connectivity index (χ4n) is 4.69. The number of ketones is 1. The average molecular weight is 453 g/mol. The van der Waals surface area contributed by atoms with Gasteiger partial charge >= 0.3 is 0 Å². The Hall–Kier alpha value is -3.93. The van der Waals surface area contributed by atoms with Crippen LogP contribution < -0.4 is 4.74 Å². The summed E-state index contributed by atoms with van der Waals surface area (Å²) in [7, 11) is 1.98. The minimum Gasteiger partial charge on any atom is -0.469 e. The van der Waals surface area contributed by atoms with Gasteiger partial charge in [0, 0.05) is 40.7 Å². The zero-order valence-electron chi connectivity index (χ0n) is 20.2. The van der Waals surface area contributed by atoms with Crippen LogP contribution >= 0.6 is 0 Å². The second kappa shape index (κ2) is 8.45. The average Bonchev–Trinajstić information content (AvgIpc) is 3.31. The van der Waals surface area contributed by atoms with Gasteiger partial charge in [-0.25, -0.2) is 4.68 Å². The van der Waals surface area contributed by atoms with E-state index < -0.39 is 0 Å². The number of rotatable bonds is 6. The third-order valence-electron chi connectivity index (χ3n) is 6.61. The Bertz CT molecular complexity index is 1540. The highest BCUT2D eigenvalue weighted by molar-refractivity contribution is 6.10. The van der Waals surface area contributed by atoms with Crippen molar-refractivity contribution >= 4 is 27.7 Å². The van der Waals surface area contributed by atoms with Gasteiger partial charge in [-0.15, -0.1) is 0 Å². The fraction of sp³-hybridized carbons (Fsp3) is 0.250. The van der Waals surface area contributed by atoms with Gasteiger partial charge in [-0.3, -0.25) is 4.79 Å². The molecule has 0 aliphatic carbocycles. The van der Waals surface area contributed by atoms with E-state index in [4.69, 9.17) is 14.8 Å². The molecule has 2 aromatic carbocycles.